The highest BCUT2D eigenvalue weighted by molar-refractivity contribution is 5.74. The first kappa shape index (κ1) is 22.3. The van der Waals surface area contributed by atoms with E-state index in [1.165, 1.54) is 6.20 Å². The molecule has 1 aliphatic heterocycles. The molecule has 12 heteroatoms. The third kappa shape index (κ3) is 4.79. The van der Waals surface area contributed by atoms with Crippen molar-refractivity contribution in [2.24, 2.45) is 0 Å². The zero-order chi connectivity index (χ0) is 24.3. The van der Waals surface area contributed by atoms with Crippen LogP contribution in [0.25, 0.3) is 11.3 Å². The molecule has 12 nitrogen and oxygen atoms in total. The standard InChI is InChI=1S/C24H26N10O2/c25-13-19-14-26-24-20(29-17-1-2-17)12-23(31-34(19)24)30-18-3-4-22(21(11-18)33-15-27-28-16-33)36-10-7-32-5-8-35-9-6-32/h3-4,11-12,14-17,29H,1-2,5-10H2,(H,30,31). The summed E-state index contributed by atoms with van der Waals surface area (Å²) < 4.78 is 15.0. The SMILES string of the molecule is N#Cc1cnc2c(NC3CC3)cc(Nc3ccc(OCCN4CCOCC4)c(-n4cnnc4)c3)nn12. The number of morpholine rings is 1. The number of nitriles is 1. The van der Waals surface area contributed by atoms with Crippen LogP contribution in [0.5, 0.6) is 5.75 Å². The average molecular weight is 487 g/mol. The Morgan fingerprint density at radius 3 is 2.75 bits per heavy atom. The summed E-state index contributed by atoms with van der Waals surface area (Å²) in [7, 11) is 0. The third-order valence-electron chi connectivity index (χ3n) is 6.22. The quantitative estimate of drug-likeness (QED) is 0.363. The van der Waals surface area contributed by atoms with Gasteiger partial charge in [-0.3, -0.25) is 9.47 Å². The Bertz CT molecular complexity index is 1380. The first-order valence-corrected chi connectivity index (χ1v) is 12.0. The van der Waals surface area contributed by atoms with Gasteiger partial charge in [-0.2, -0.15) is 9.78 Å². The number of ether oxygens (including phenoxy) is 2. The van der Waals surface area contributed by atoms with E-state index >= 15 is 0 Å². The summed E-state index contributed by atoms with van der Waals surface area (Å²) in [6.07, 6.45) is 7.06. The molecular formula is C24H26N10O2. The molecule has 36 heavy (non-hydrogen) atoms. The van der Waals surface area contributed by atoms with Gasteiger partial charge >= 0.3 is 0 Å². The van der Waals surface area contributed by atoms with Gasteiger partial charge in [0.05, 0.1) is 30.8 Å². The first-order chi connectivity index (χ1) is 17.8. The molecule has 4 heterocycles. The number of aromatic nitrogens is 6. The average Bonchev–Trinajstić information content (AvgIpc) is 3.37. The number of nitrogens with zero attached hydrogens (tertiary/aromatic N) is 8. The van der Waals surface area contributed by atoms with Crippen molar-refractivity contribution in [3.63, 3.8) is 0 Å². The second kappa shape index (κ2) is 9.80. The maximum atomic E-state index is 9.49. The molecule has 1 aromatic carbocycles. The number of benzene rings is 1. The largest absolute Gasteiger partial charge is 0.490 e. The van der Waals surface area contributed by atoms with Crippen LogP contribution in [0.2, 0.25) is 0 Å². The highest BCUT2D eigenvalue weighted by Gasteiger charge is 2.23. The predicted octanol–water partition coefficient (Wildman–Crippen LogP) is 2.21. The van der Waals surface area contributed by atoms with E-state index in [0.29, 0.717) is 29.8 Å². The fraction of sp³-hybridized carbons (Fsp3) is 0.375. The maximum absolute atomic E-state index is 9.49. The summed E-state index contributed by atoms with van der Waals surface area (Å²) in [5.74, 6) is 1.32. The van der Waals surface area contributed by atoms with Gasteiger partial charge in [-0.25, -0.2) is 4.98 Å². The number of anilines is 3. The van der Waals surface area contributed by atoms with Gasteiger partial charge in [0.25, 0.3) is 0 Å². The summed E-state index contributed by atoms with van der Waals surface area (Å²) >= 11 is 0. The Kier molecular flexibility index (Phi) is 6.06. The molecule has 2 fully saturated rings. The lowest BCUT2D eigenvalue weighted by atomic mass is 10.2. The van der Waals surface area contributed by atoms with E-state index < -0.39 is 0 Å². The lowest BCUT2D eigenvalue weighted by molar-refractivity contribution is 0.0322. The molecular weight excluding hydrogens is 460 g/mol. The second-order valence-electron chi connectivity index (χ2n) is 8.83. The lowest BCUT2D eigenvalue weighted by Crippen LogP contribution is -2.38. The van der Waals surface area contributed by atoms with Crippen LogP contribution in [0.4, 0.5) is 17.2 Å². The second-order valence-corrected chi connectivity index (χ2v) is 8.83. The lowest BCUT2D eigenvalue weighted by Gasteiger charge is -2.26. The molecule has 1 aliphatic carbocycles. The van der Waals surface area contributed by atoms with Crippen LogP contribution in [0.3, 0.4) is 0 Å². The van der Waals surface area contributed by atoms with Crippen molar-refractivity contribution in [2.75, 3.05) is 50.1 Å². The normalized spacial score (nSPS) is 16.1. The highest BCUT2D eigenvalue weighted by Crippen LogP contribution is 2.31. The van der Waals surface area contributed by atoms with Gasteiger partial charge < -0.3 is 20.1 Å². The molecule has 0 spiro atoms. The van der Waals surface area contributed by atoms with E-state index in [-0.39, 0.29) is 0 Å². The summed E-state index contributed by atoms with van der Waals surface area (Å²) in [5, 5.41) is 28.9. The molecule has 1 saturated heterocycles. The first-order valence-electron chi connectivity index (χ1n) is 12.0. The fourth-order valence-corrected chi connectivity index (χ4v) is 4.16. The van der Waals surface area contributed by atoms with E-state index in [1.54, 1.807) is 17.2 Å². The molecule has 4 aromatic rings. The van der Waals surface area contributed by atoms with Crippen LogP contribution < -0.4 is 15.4 Å². The number of hydrogen-bond donors (Lipinski definition) is 2. The fourth-order valence-electron chi connectivity index (χ4n) is 4.16. The van der Waals surface area contributed by atoms with E-state index in [2.05, 4.69) is 41.9 Å². The van der Waals surface area contributed by atoms with Crippen molar-refractivity contribution < 1.29 is 9.47 Å². The smallest absolute Gasteiger partial charge is 0.178 e. The third-order valence-corrected chi connectivity index (χ3v) is 6.22. The Balaban J connectivity index is 1.26. The zero-order valence-corrected chi connectivity index (χ0v) is 19.7. The Labute approximate surface area is 207 Å². The summed E-state index contributed by atoms with van der Waals surface area (Å²) in [6.45, 7) is 4.76. The predicted molar refractivity (Wildman–Crippen MR) is 132 cm³/mol. The van der Waals surface area contributed by atoms with Gasteiger partial charge in [-0.1, -0.05) is 0 Å². The van der Waals surface area contributed by atoms with Crippen LogP contribution in [-0.2, 0) is 4.74 Å². The van der Waals surface area contributed by atoms with E-state index in [9.17, 15) is 5.26 Å². The molecule has 2 N–H and O–H groups in total. The van der Waals surface area contributed by atoms with Crippen molar-refractivity contribution in [3.8, 4) is 17.5 Å². The molecule has 2 aliphatic rings. The van der Waals surface area contributed by atoms with E-state index in [1.807, 2.05) is 28.8 Å². The van der Waals surface area contributed by atoms with Gasteiger partial charge in [-0.15, -0.1) is 15.3 Å². The Morgan fingerprint density at radius 2 is 1.97 bits per heavy atom. The number of rotatable bonds is 9. The minimum absolute atomic E-state index is 0.377. The number of nitrogens with one attached hydrogen (secondary N) is 2. The maximum Gasteiger partial charge on any atom is 0.178 e. The molecule has 0 unspecified atom stereocenters. The van der Waals surface area contributed by atoms with Crippen molar-refractivity contribution in [2.45, 2.75) is 18.9 Å². The minimum Gasteiger partial charge on any atom is -0.490 e. The summed E-state index contributed by atoms with van der Waals surface area (Å²) in [4.78, 5) is 6.72. The van der Waals surface area contributed by atoms with Gasteiger partial charge in [-0.05, 0) is 31.0 Å². The minimum atomic E-state index is 0.377. The van der Waals surface area contributed by atoms with Gasteiger partial charge in [0, 0.05) is 37.4 Å². The molecule has 184 valence electrons. The molecule has 0 amide bonds. The van der Waals surface area contributed by atoms with Crippen LogP contribution >= 0.6 is 0 Å². The monoisotopic (exact) mass is 486 g/mol. The topological polar surface area (TPSA) is 130 Å². The zero-order valence-electron chi connectivity index (χ0n) is 19.7. The van der Waals surface area contributed by atoms with Gasteiger partial charge in [0.1, 0.15) is 31.1 Å². The summed E-state index contributed by atoms with van der Waals surface area (Å²) in [5.41, 5.74) is 3.48. The van der Waals surface area contributed by atoms with Crippen molar-refractivity contribution in [1.82, 2.24) is 34.3 Å². The molecule has 3 aromatic heterocycles. The number of imidazole rings is 1. The van der Waals surface area contributed by atoms with Crippen LogP contribution in [-0.4, -0.2) is 79.8 Å². The van der Waals surface area contributed by atoms with E-state index in [0.717, 1.165) is 68.5 Å². The Morgan fingerprint density at radius 1 is 1.14 bits per heavy atom. The number of fused-ring (bicyclic) bond motifs is 1. The van der Waals surface area contributed by atoms with Crippen molar-refractivity contribution in [1.29, 1.82) is 5.26 Å². The Hall–Kier alpha value is -4.21. The molecule has 0 atom stereocenters. The van der Waals surface area contributed by atoms with Gasteiger partial charge in [0.2, 0.25) is 0 Å². The van der Waals surface area contributed by atoms with Crippen LogP contribution in [0.15, 0.2) is 43.1 Å². The molecule has 1 saturated carbocycles. The molecule has 6 rings (SSSR count). The van der Waals surface area contributed by atoms with Gasteiger partial charge in [0.15, 0.2) is 17.2 Å². The number of hydrogen-bond acceptors (Lipinski definition) is 10. The molecule has 0 bridgehead atoms. The van der Waals surface area contributed by atoms with Crippen LogP contribution in [0.1, 0.15) is 18.5 Å². The van der Waals surface area contributed by atoms with E-state index in [4.69, 9.17) is 9.47 Å². The summed E-state index contributed by atoms with van der Waals surface area (Å²) in [6, 6.07) is 10.3. The van der Waals surface area contributed by atoms with Crippen molar-refractivity contribution in [3.05, 3.63) is 48.8 Å². The van der Waals surface area contributed by atoms with Crippen molar-refractivity contribution >= 4 is 22.8 Å². The van der Waals surface area contributed by atoms with Crippen LogP contribution in [0, 0.1) is 11.3 Å². The highest BCUT2D eigenvalue weighted by atomic mass is 16.5. The molecule has 0 radical (unpaired) electrons.